The molecular formula is C17H23NO3. The van der Waals surface area contributed by atoms with Gasteiger partial charge in [0.2, 0.25) is 5.91 Å². The van der Waals surface area contributed by atoms with Crippen LogP contribution in [0, 0.1) is 0 Å². The van der Waals surface area contributed by atoms with E-state index in [-0.39, 0.29) is 17.5 Å². The first-order chi connectivity index (χ1) is 9.93. The third kappa shape index (κ3) is 3.14. The Labute approximate surface area is 125 Å². The van der Waals surface area contributed by atoms with E-state index in [0.717, 1.165) is 25.9 Å². The highest BCUT2D eigenvalue weighted by molar-refractivity contribution is 6.24. The van der Waals surface area contributed by atoms with Gasteiger partial charge in [0.15, 0.2) is 11.6 Å². The summed E-state index contributed by atoms with van der Waals surface area (Å²) in [6, 6.07) is 0. The second kappa shape index (κ2) is 6.37. The molecule has 1 aliphatic carbocycles. The SMILES string of the molecule is CC1=C(C)C(=O)C(CCC(=O)N2CCCCC2)=C(C)C1=O. The molecular weight excluding hydrogens is 266 g/mol. The molecule has 0 atom stereocenters. The second-order valence-electron chi connectivity index (χ2n) is 5.95. The number of hydrogen-bond donors (Lipinski definition) is 0. The lowest BCUT2D eigenvalue weighted by Gasteiger charge is -2.27. The number of ketones is 2. The fraction of sp³-hybridized carbons (Fsp3) is 0.588. The molecule has 21 heavy (non-hydrogen) atoms. The van der Waals surface area contributed by atoms with Gasteiger partial charge in [-0.05, 0) is 46.5 Å². The number of Topliss-reactive ketones (excluding diaryl/α,β-unsaturated/α-hetero) is 2. The van der Waals surface area contributed by atoms with Gasteiger partial charge in [-0.15, -0.1) is 0 Å². The first-order valence-corrected chi connectivity index (χ1v) is 7.68. The van der Waals surface area contributed by atoms with Gasteiger partial charge in [0, 0.05) is 41.8 Å². The Bertz CT molecular complexity index is 548. The molecule has 0 aromatic rings. The fourth-order valence-electron chi connectivity index (χ4n) is 2.99. The molecule has 0 N–H and O–H groups in total. The molecule has 1 heterocycles. The van der Waals surface area contributed by atoms with Crippen molar-refractivity contribution in [3.8, 4) is 0 Å². The molecule has 4 heteroatoms. The zero-order valence-electron chi connectivity index (χ0n) is 13.1. The summed E-state index contributed by atoms with van der Waals surface area (Å²) in [5.74, 6) is -0.0391. The van der Waals surface area contributed by atoms with Crippen LogP contribution in [0.1, 0.15) is 52.9 Å². The number of hydrogen-bond acceptors (Lipinski definition) is 3. The molecule has 0 unspecified atom stereocenters. The van der Waals surface area contributed by atoms with Crippen molar-refractivity contribution in [3.05, 3.63) is 22.3 Å². The van der Waals surface area contributed by atoms with Gasteiger partial charge >= 0.3 is 0 Å². The maximum Gasteiger partial charge on any atom is 0.222 e. The van der Waals surface area contributed by atoms with Gasteiger partial charge in [0.25, 0.3) is 0 Å². The van der Waals surface area contributed by atoms with E-state index < -0.39 is 0 Å². The number of likely N-dealkylation sites (tertiary alicyclic amines) is 1. The van der Waals surface area contributed by atoms with Crippen molar-refractivity contribution in [2.75, 3.05) is 13.1 Å². The normalized spacial score (nSPS) is 20.4. The fourth-order valence-corrected chi connectivity index (χ4v) is 2.99. The Morgan fingerprint density at radius 2 is 1.48 bits per heavy atom. The third-order valence-corrected chi connectivity index (χ3v) is 4.61. The van der Waals surface area contributed by atoms with Crippen molar-refractivity contribution in [2.24, 2.45) is 0 Å². The van der Waals surface area contributed by atoms with Gasteiger partial charge in [-0.25, -0.2) is 0 Å². The van der Waals surface area contributed by atoms with Gasteiger partial charge in [0.05, 0.1) is 0 Å². The summed E-state index contributed by atoms with van der Waals surface area (Å²) in [7, 11) is 0. The lowest BCUT2D eigenvalue weighted by Crippen LogP contribution is -2.35. The molecule has 1 aliphatic heterocycles. The predicted molar refractivity (Wildman–Crippen MR) is 80.8 cm³/mol. The standard InChI is InChI=1S/C17H23NO3/c1-11-12(2)17(21)14(13(3)16(11)20)7-8-15(19)18-9-5-4-6-10-18/h4-10H2,1-3H3. The lowest BCUT2D eigenvalue weighted by molar-refractivity contribution is -0.132. The zero-order valence-corrected chi connectivity index (χ0v) is 13.1. The van der Waals surface area contributed by atoms with Gasteiger partial charge in [-0.3, -0.25) is 14.4 Å². The molecule has 0 aromatic heterocycles. The zero-order chi connectivity index (χ0) is 15.6. The Morgan fingerprint density at radius 3 is 2.10 bits per heavy atom. The van der Waals surface area contributed by atoms with Crippen molar-refractivity contribution in [2.45, 2.75) is 52.9 Å². The van der Waals surface area contributed by atoms with Crippen molar-refractivity contribution in [1.29, 1.82) is 0 Å². The molecule has 1 fully saturated rings. The van der Waals surface area contributed by atoms with Gasteiger partial charge in [0.1, 0.15) is 0 Å². The summed E-state index contributed by atoms with van der Waals surface area (Å²) in [6.45, 7) is 6.71. The monoisotopic (exact) mass is 289 g/mol. The molecule has 0 bridgehead atoms. The largest absolute Gasteiger partial charge is 0.343 e. The number of nitrogens with zero attached hydrogens (tertiary/aromatic N) is 1. The smallest absolute Gasteiger partial charge is 0.222 e. The van der Waals surface area contributed by atoms with Crippen LogP contribution >= 0.6 is 0 Å². The average molecular weight is 289 g/mol. The minimum atomic E-state index is -0.0731. The number of rotatable bonds is 3. The van der Waals surface area contributed by atoms with E-state index in [0.29, 0.717) is 35.1 Å². The van der Waals surface area contributed by atoms with Crippen LogP contribution in [0.2, 0.25) is 0 Å². The number of amides is 1. The minimum Gasteiger partial charge on any atom is -0.343 e. The van der Waals surface area contributed by atoms with Crippen LogP contribution in [0.3, 0.4) is 0 Å². The highest BCUT2D eigenvalue weighted by Gasteiger charge is 2.28. The molecule has 1 amide bonds. The van der Waals surface area contributed by atoms with Gasteiger partial charge in [-0.1, -0.05) is 0 Å². The van der Waals surface area contributed by atoms with Crippen LogP contribution in [0.25, 0.3) is 0 Å². The number of carbonyl (C=O) groups excluding carboxylic acids is 3. The highest BCUT2D eigenvalue weighted by Crippen LogP contribution is 2.27. The van der Waals surface area contributed by atoms with Crippen LogP contribution in [0.15, 0.2) is 22.3 Å². The average Bonchev–Trinajstić information content (AvgIpc) is 2.51. The summed E-state index contributed by atoms with van der Waals surface area (Å²) in [5, 5.41) is 0. The Balaban J connectivity index is 2.04. The van der Waals surface area contributed by atoms with E-state index in [2.05, 4.69) is 0 Å². The Morgan fingerprint density at radius 1 is 0.905 bits per heavy atom. The molecule has 1 saturated heterocycles. The molecule has 0 radical (unpaired) electrons. The maximum absolute atomic E-state index is 12.3. The van der Waals surface area contributed by atoms with Crippen LogP contribution in [-0.2, 0) is 14.4 Å². The first-order valence-electron chi connectivity index (χ1n) is 7.68. The summed E-state index contributed by atoms with van der Waals surface area (Å²) in [6.07, 6.45) is 4.00. The maximum atomic E-state index is 12.3. The van der Waals surface area contributed by atoms with E-state index in [1.807, 2.05) is 4.90 Å². The van der Waals surface area contributed by atoms with Crippen LogP contribution in [0.4, 0.5) is 0 Å². The van der Waals surface area contributed by atoms with Crippen LogP contribution in [0.5, 0.6) is 0 Å². The van der Waals surface area contributed by atoms with E-state index in [1.54, 1.807) is 20.8 Å². The highest BCUT2D eigenvalue weighted by atomic mass is 16.2. The molecule has 2 aliphatic rings. The minimum absolute atomic E-state index is 0.0625. The van der Waals surface area contributed by atoms with Gasteiger partial charge < -0.3 is 4.90 Å². The summed E-state index contributed by atoms with van der Waals surface area (Å²) in [4.78, 5) is 38.4. The molecule has 2 rings (SSSR count). The third-order valence-electron chi connectivity index (χ3n) is 4.61. The van der Waals surface area contributed by atoms with Crippen molar-refractivity contribution < 1.29 is 14.4 Å². The summed E-state index contributed by atoms with van der Waals surface area (Å²) in [5.41, 5.74) is 2.08. The molecule has 0 aromatic carbocycles. The Kier molecular flexibility index (Phi) is 4.76. The summed E-state index contributed by atoms with van der Waals surface area (Å²) < 4.78 is 0. The van der Waals surface area contributed by atoms with E-state index >= 15 is 0 Å². The van der Waals surface area contributed by atoms with E-state index in [4.69, 9.17) is 0 Å². The number of carbonyl (C=O) groups is 3. The van der Waals surface area contributed by atoms with Crippen molar-refractivity contribution in [1.82, 2.24) is 4.90 Å². The van der Waals surface area contributed by atoms with Gasteiger partial charge in [-0.2, -0.15) is 0 Å². The number of allylic oxidation sites excluding steroid dienone is 4. The van der Waals surface area contributed by atoms with E-state index in [1.165, 1.54) is 6.42 Å². The van der Waals surface area contributed by atoms with Crippen molar-refractivity contribution in [3.63, 3.8) is 0 Å². The van der Waals surface area contributed by atoms with Crippen molar-refractivity contribution >= 4 is 17.5 Å². The molecule has 114 valence electrons. The molecule has 0 saturated carbocycles. The number of piperidine rings is 1. The first kappa shape index (κ1) is 15.7. The Hall–Kier alpha value is -1.71. The van der Waals surface area contributed by atoms with E-state index in [9.17, 15) is 14.4 Å². The second-order valence-corrected chi connectivity index (χ2v) is 5.95. The molecule has 4 nitrogen and oxygen atoms in total. The quantitative estimate of drug-likeness (QED) is 0.750. The van der Waals surface area contributed by atoms with Crippen LogP contribution < -0.4 is 0 Å². The topological polar surface area (TPSA) is 54.5 Å². The lowest BCUT2D eigenvalue weighted by atomic mass is 9.84. The summed E-state index contributed by atoms with van der Waals surface area (Å²) >= 11 is 0. The molecule has 0 spiro atoms. The predicted octanol–water partition coefficient (Wildman–Crippen LogP) is 2.58. The van der Waals surface area contributed by atoms with Crippen LogP contribution in [-0.4, -0.2) is 35.5 Å².